The topological polar surface area (TPSA) is 23.5 Å². The van der Waals surface area contributed by atoms with Gasteiger partial charge < -0.3 is 10.0 Å². The van der Waals surface area contributed by atoms with E-state index in [4.69, 9.17) is 0 Å². The Morgan fingerprint density at radius 2 is 2.00 bits per heavy atom. The molecule has 0 bridgehead atoms. The Bertz CT molecular complexity index is 392. The highest BCUT2D eigenvalue weighted by Crippen LogP contribution is 2.17. The lowest BCUT2D eigenvalue weighted by Gasteiger charge is -2.16. The van der Waals surface area contributed by atoms with Crippen LogP contribution in [-0.2, 0) is 6.54 Å². The zero-order chi connectivity index (χ0) is 11.4. The largest absolute Gasteiger partial charge is 0.386 e. The van der Waals surface area contributed by atoms with Gasteiger partial charge in [0.05, 0.1) is 5.60 Å². The maximum Gasteiger partial charge on any atom is 0.0851 e. The molecule has 0 saturated heterocycles. The van der Waals surface area contributed by atoms with Crippen LogP contribution in [0.5, 0.6) is 0 Å². The summed E-state index contributed by atoms with van der Waals surface area (Å²) in [7, 11) is 0. The van der Waals surface area contributed by atoms with Crippen LogP contribution in [0.1, 0.15) is 18.9 Å². The van der Waals surface area contributed by atoms with E-state index in [-0.39, 0.29) is 0 Å². The smallest absolute Gasteiger partial charge is 0.0851 e. The molecule has 1 aromatic carbocycles. The predicted molar refractivity (Wildman–Crippen MR) is 65.5 cm³/mol. The fraction of sp³-hybridized carbons (Fsp3) is 0.286. The Morgan fingerprint density at radius 3 is 2.75 bits per heavy atom. The first-order chi connectivity index (χ1) is 7.66. The summed E-state index contributed by atoms with van der Waals surface area (Å²) in [5.41, 5.74) is 0.542. The van der Waals surface area contributed by atoms with Gasteiger partial charge in [-0.05, 0) is 31.2 Å². The zero-order valence-corrected chi connectivity index (χ0v) is 9.50. The molecule has 84 valence electrons. The quantitative estimate of drug-likeness (QED) is 0.820. The molecule has 0 spiro atoms. The van der Waals surface area contributed by atoms with Crippen LogP contribution in [0.25, 0.3) is 0 Å². The van der Waals surface area contributed by atoms with E-state index in [0.717, 1.165) is 6.54 Å². The molecule has 1 aliphatic rings. The summed E-state index contributed by atoms with van der Waals surface area (Å²) in [6.07, 6.45) is 8.47. The standard InChI is InChI=1S/C14H17NO/c1-14(16)8-5-10-15(11-9-14)12-13-6-3-2-4-7-13/h2-7,9-11,16H,8,12H2,1H3. The molecule has 0 radical (unpaired) electrons. The molecule has 1 unspecified atom stereocenters. The first kappa shape index (κ1) is 11.0. The number of benzene rings is 1. The van der Waals surface area contributed by atoms with E-state index in [9.17, 15) is 5.11 Å². The Hall–Kier alpha value is -1.54. The van der Waals surface area contributed by atoms with Gasteiger partial charge in [-0.15, -0.1) is 0 Å². The van der Waals surface area contributed by atoms with Crippen molar-refractivity contribution in [1.29, 1.82) is 0 Å². The van der Waals surface area contributed by atoms with Crippen molar-refractivity contribution in [3.63, 3.8) is 0 Å². The van der Waals surface area contributed by atoms with E-state index < -0.39 is 5.60 Å². The minimum atomic E-state index is -0.720. The van der Waals surface area contributed by atoms with Gasteiger partial charge in [0, 0.05) is 12.7 Å². The minimum absolute atomic E-state index is 0.661. The van der Waals surface area contributed by atoms with Crippen molar-refractivity contribution in [3.05, 3.63) is 60.4 Å². The molecule has 2 heteroatoms. The molecule has 0 saturated carbocycles. The molecule has 1 aromatic rings. The number of hydrogen-bond acceptors (Lipinski definition) is 2. The second kappa shape index (κ2) is 4.54. The molecule has 2 nitrogen and oxygen atoms in total. The van der Waals surface area contributed by atoms with Crippen molar-refractivity contribution in [2.45, 2.75) is 25.5 Å². The molecule has 1 atom stereocenters. The van der Waals surface area contributed by atoms with Crippen LogP contribution < -0.4 is 0 Å². The average molecular weight is 215 g/mol. The SMILES string of the molecule is CC1(O)C=CN(Cc2ccccc2)C=CC1. The summed E-state index contributed by atoms with van der Waals surface area (Å²) in [6, 6.07) is 10.3. The highest BCUT2D eigenvalue weighted by molar-refractivity contribution is 5.17. The monoisotopic (exact) mass is 215 g/mol. The van der Waals surface area contributed by atoms with E-state index in [1.807, 2.05) is 49.7 Å². The molecule has 1 heterocycles. The summed E-state index contributed by atoms with van der Waals surface area (Å²) in [4.78, 5) is 2.08. The lowest BCUT2D eigenvalue weighted by atomic mass is 10.0. The van der Waals surface area contributed by atoms with E-state index in [1.165, 1.54) is 5.56 Å². The van der Waals surface area contributed by atoms with Gasteiger partial charge in [-0.2, -0.15) is 0 Å². The van der Waals surface area contributed by atoms with Crippen LogP contribution in [0, 0.1) is 0 Å². The minimum Gasteiger partial charge on any atom is -0.386 e. The first-order valence-corrected chi connectivity index (χ1v) is 5.54. The normalized spacial score (nSPS) is 24.5. The van der Waals surface area contributed by atoms with Gasteiger partial charge in [0.25, 0.3) is 0 Å². The Balaban J connectivity index is 2.07. The third-order valence-electron chi connectivity index (χ3n) is 2.66. The van der Waals surface area contributed by atoms with E-state index in [0.29, 0.717) is 6.42 Å². The highest BCUT2D eigenvalue weighted by atomic mass is 16.3. The summed E-state index contributed by atoms with van der Waals surface area (Å²) in [5, 5.41) is 9.87. The Morgan fingerprint density at radius 1 is 1.25 bits per heavy atom. The highest BCUT2D eigenvalue weighted by Gasteiger charge is 2.16. The molecule has 0 aliphatic carbocycles. The Kier molecular flexibility index (Phi) is 3.11. The zero-order valence-electron chi connectivity index (χ0n) is 9.50. The van der Waals surface area contributed by atoms with Crippen LogP contribution in [0.2, 0.25) is 0 Å². The molecule has 2 rings (SSSR count). The molecular weight excluding hydrogens is 198 g/mol. The summed E-state index contributed by atoms with van der Waals surface area (Å²) < 4.78 is 0. The fourth-order valence-corrected chi connectivity index (χ4v) is 1.70. The summed E-state index contributed by atoms with van der Waals surface area (Å²) >= 11 is 0. The maximum atomic E-state index is 9.87. The lowest BCUT2D eigenvalue weighted by Crippen LogP contribution is -2.18. The van der Waals surface area contributed by atoms with E-state index >= 15 is 0 Å². The van der Waals surface area contributed by atoms with Crippen molar-refractivity contribution in [2.75, 3.05) is 0 Å². The average Bonchev–Trinajstić information content (AvgIpc) is 2.42. The van der Waals surface area contributed by atoms with Crippen LogP contribution in [-0.4, -0.2) is 15.6 Å². The van der Waals surface area contributed by atoms with Crippen molar-refractivity contribution < 1.29 is 5.11 Å². The molecular formula is C14H17NO. The van der Waals surface area contributed by atoms with Gasteiger partial charge in [-0.1, -0.05) is 36.4 Å². The van der Waals surface area contributed by atoms with Gasteiger partial charge in [0.2, 0.25) is 0 Å². The molecule has 0 amide bonds. The van der Waals surface area contributed by atoms with Crippen molar-refractivity contribution in [1.82, 2.24) is 4.90 Å². The molecule has 16 heavy (non-hydrogen) atoms. The second-order valence-electron chi connectivity index (χ2n) is 4.42. The van der Waals surface area contributed by atoms with Crippen LogP contribution >= 0.6 is 0 Å². The van der Waals surface area contributed by atoms with Crippen molar-refractivity contribution in [3.8, 4) is 0 Å². The van der Waals surface area contributed by atoms with Gasteiger partial charge in [0.15, 0.2) is 0 Å². The summed E-state index contributed by atoms with van der Waals surface area (Å²) in [5.74, 6) is 0. The van der Waals surface area contributed by atoms with Crippen molar-refractivity contribution >= 4 is 0 Å². The van der Waals surface area contributed by atoms with Crippen LogP contribution in [0.15, 0.2) is 54.9 Å². The van der Waals surface area contributed by atoms with E-state index in [1.54, 1.807) is 0 Å². The van der Waals surface area contributed by atoms with Gasteiger partial charge in [-0.25, -0.2) is 0 Å². The van der Waals surface area contributed by atoms with Gasteiger partial charge in [0.1, 0.15) is 0 Å². The lowest BCUT2D eigenvalue weighted by molar-refractivity contribution is 0.115. The third kappa shape index (κ3) is 2.97. The second-order valence-corrected chi connectivity index (χ2v) is 4.42. The third-order valence-corrected chi connectivity index (χ3v) is 2.66. The first-order valence-electron chi connectivity index (χ1n) is 5.54. The van der Waals surface area contributed by atoms with Crippen LogP contribution in [0.3, 0.4) is 0 Å². The molecule has 0 aromatic heterocycles. The Labute approximate surface area is 96.5 Å². The fourth-order valence-electron chi connectivity index (χ4n) is 1.70. The van der Waals surface area contributed by atoms with Gasteiger partial charge >= 0.3 is 0 Å². The molecule has 0 fully saturated rings. The molecule has 1 aliphatic heterocycles. The van der Waals surface area contributed by atoms with E-state index in [2.05, 4.69) is 17.0 Å². The maximum absolute atomic E-state index is 9.87. The summed E-state index contributed by atoms with van der Waals surface area (Å²) in [6.45, 7) is 2.66. The molecule has 1 N–H and O–H groups in total. The van der Waals surface area contributed by atoms with Gasteiger partial charge in [-0.3, -0.25) is 0 Å². The van der Waals surface area contributed by atoms with Crippen LogP contribution in [0.4, 0.5) is 0 Å². The number of nitrogens with zero attached hydrogens (tertiary/aromatic N) is 1. The number of hydrogen-bond donors (Lipinski definition) is 1. The van der Waals surface area contributed by atoms with Crippen molar-refractivity contribution in [2.24, 2.45) is 0 Å². The predicted octanol–water partition coefficient (Wildman–Crippen LogP) is 2.67. The number of rotatable bonds is 2. The number of aliphatic hydroxyl groups is 1.